The highest BCUT2D eigenvalue weighted by Crippen LogP contribution is 2.31. The van der Waals surface area contributed by atoms with Crippen LogP contribution in [0.25, 0.3) is 0 Å². The van der Waals surface area contributed by atoms with E-state index in [2.05, 4.69) is 10.0 Å². The van der Waals surface area contributed by atoms with Crippen LogP contribution in [0.2, 0.25) is 15.1 Å². The summed E-state index contributed by atoms with van der Waals surface area (Å²) in [6.45, 7) is 0. The SMILES string of the molecule is O=C(Nc1ccc(Cl)cc1)c1cc(Oc2ccccc2)ccc1NS(=O)(=O)c1cc(Cl)ccc1Cl. The van der Waals surface area contributed by atoms with Gasteiger partial charge >= 0.3 is 0 Å². The first-order valence-electron chi connectivity index (χ1n) is 10.1. The highest BCUT2D eigenvalue weighted by Gasteiger charge is 2.22. The van der Waals surface area contributed by atoms with E-state index < -0.39 is 15.9 Å². The lowest BCUT2D eigenvalue weighted by atomic mass is 10.1. The van der Waals surface area contributed by atoms with Gasteiger partial charge in [0, 0.05) is 15.7 Å². The van der Waals surface area contributed by atoms with Gasteiger partial charge in [0.1, 0.15) is 16.4 Å². The van der Waals surface area contributed by atoms with E-state index >= 15 is 0 Å². The number of halogens is 3. The summed E-state index contributed by atoms with van der Waals surface area (Å²) in [5.74, 6) is 0.317. The molecule has 178 valence electrons. The first kappa shape index (κ1) is 24.9. The van der Waals surface area contributed by atoms with E-state index in [0.29, 0.717) is 22.2 Å². The predicted molar refractivity (Wildman–Crippen MR) is 140 cm³/mol. The second-order valence-electron chi connectivity index (χ2n) is 7.26. The van der Waals surface area contributed by atoms with Crippen LogP contribution >= 0.6 is 34.8 Å². The molecular formula is C25H17Cl3N2O4S. The molecule has 0 heterocycles. The third-order valence-corrected chi connectivity index (χ3v) is 7.08. The Balaban J connectivity index is 1.71. The first-order valence-corrected chi connectivity index (χ1v) is 12.7. The summed E-state index contributed by atoms with van der Waals surface area (Å²) in [6, 6.07) is 24.0. The molecule has 1 amide bonds. The van der Waals surface area contributed by atoms with E-state index in [-0.39, 0.29) is 26.2 Å². The predicted octanol–water partition coefficient (Wildman–Crippen LogP) is 7.49. The molecule has 0 atom stereocenters. The third kappa shape index (κ3) is 6.26. The van der Waals surface area contributed by atoms with Crippen molar-refractivity contribution in [3.63, 3.8) is 0 Å². The third-order valence-electron chi connectivity index (χ3n) is 4.74. The molecule has 0 aliphatic rings. The number of hydrogen-bond donors (Lipinski definition) is 2. The van der Waals surface area contributed by atoms with E-state index in [1.165, 1.54) is 30.3 Å². The second kappa shape index (κ2) is 10.6. The zero-order valence-electron chi connectivity index (χ0n) is 17.8. The van der Waals surface area contributed by atoms with Crippen LogP contribution in [-0.2, 0) is 10.0 Å². The number of hydrogen-bond acceptors (Lipinski definition) is 4. The molecule has 2 N–H and O–H groups in total. The number of nitrogens with one attached hydrogen (secondary N) is 2. The lowest BCUT2D eigenvalue weighted by Gasteiger charge is -2.15. The minimum absolute atomic E-state index is 0.0157. The van der Waals surface area contributed by atoms with E-state index in [0.717, 1.165) is 0 Å². The minimum atomic E-state index is -4.18. The summed E-state index contributed by atoms with van der Waals surface area (Å²) in [4.78, 5) is 13.0. The van der Waals surface area contributed by atoms with Crippen LogP contribution < -0.4 is 14.8 Å². The zero-order valence-corrected chi connectivity index (χ0v) is 20.9. The van der Waals surface area contributed by atoms with Crippen LogP contribution in [0.1, 0.15) is 10.4 Å². The maximum absolute atomic E-state index is 13.2. The Hall–Kier alpha value is -3.23. The van der Waals surface area contributed by atoms with Gasteiger partial charge in [0.15, 0.2) is 0 Å². The fraction of sp³-hybridized carbons (Fsp3) is 0. The van der Waals surface area contributed by atoms with Crippen LogP contribution in [0.3, 0.4) is 0 Å². The number of benzene rings is 4. The summed E-state index contributed by atoms with van der Waals surface area (Å²) >= 11 is 18.0. The van der Waals surface area contributed by atoms with Crippen LogP contribution in [0.5, 0.6) is 11.5 Å². The van der Waals surface area contributed by atoms with Gasteiger partial charge in [-0.1, -0.05) is 53.0 Å². The van der Waals surface area contributed by atoms with Gasteiger partial charge in [-0.3, -0.25) is 9.52 Å². The molecule has 4 aromatic rings. The molecule has 0 aromatic heterocycles. The van der Waals surface area contributed by atoms with Crippen LogP contribution in [0.4, 0.5) is 11.4 Å². The van der Waals surface area contributed by atoms with Crippen molar-refractivity contribution < 1.29 is 17.9 Å². The number of ether oxygens (including phenoxy) is 1. The molecule has 10 heteroatoms. The summed E-state index contributed by atoms with van der Waals surface area (Å²) < 4.78 is 34.4. The average Bonchev–Trinajstić information content (AvgIpc) is 2.83. The maximum Gasteiger partial charge on any atom is 0.263 e. The number of sulfonamides is 1. The quantitative estimate of drug-likeness (QED) is 0.251. The normalized spacial score (nSPS) is 11.1. The van der Waals surface area contributed by atoms with Crippen molar-refractivity contribution in [3.05, 3.63) is 112 Å². The topological polar surface area (TPSA) is 84.5 Å². The summed E-state index contributed by atoms with van der Waals surface area (Å²) in [5, 5.41) is 3.42. The molecule has 0 aliphatic carbocycles. The molecule has 6 nitrogen and oxygen atoms in total. The average molecular weight is 548 g/mol. The summed E-state index contributed by atoms with van der Waals surface area (Å²) in [6.07, 6.45) is 0. The highest BCUT2D eigenvalue weighted by atomic mass is 35.5. The maximum atomic E-state index is 13.2. The van der Waals surface area contributed by atoms with Crippen molar-refractivity contribution in [1.29, 1.82) is 0 Å². The molecule has 4 rings (SSSR count). The van der Waals surface area contributed by atoms with Gasteiger partial charge in [0.05, 0.1) is 16.3 Å². The van der Waals surface area contributed by atoms with E-state index in [1.54, 1.807) is 54.6 Å². The van der Waals surface area contributed by atoms with E-state index in [4.69, 9.17) is 39.5 Å². The van der Waals surface area contributed by atoms with Gasteiger partial charge in [-0.2, -0.15) is 0 Å². The molecule has 0 fully saturated rings. The number of carbonyl (C=O) groups excluding carboxylic acids is 1. The standard InChI is InChI=1S/C25H17Cl3N2O4S/c26-16-6-9-18(10-7-16)29-25(31)21-15-20(34-19-4-2-1-3-5-19)11-13-23(21)30-35(32,33)24-14-17(27)8-12-22(24)28/h1-15,30H,(H,29,31). The van der Waals surface area contributed by atoms with Crippen molar-refractivity contribution in [1.82, 2.24) is 0 Å². The molecule has 0 saturated heterocycles. The molecule has 4 aromatic carbocycles. The number of para-hydroxylation sites is 1. The fourth-order valence-corrected chi connectivity index (χ4v) is 5.07. The lowest BCUT2D eigenvalue weighted by Crippen LogP contribution is -2.19. The van der Waals surface area contributed by atoms with Crippen molar-refractivity contribution in [2.24, 2.45) is 0 Å². The number of amides is 1. The lowest BCUT2D eigenvalue weighted by molar-refractivity contribution is 0.102. The second-order valence-corrected chi connectivity index (χ2v) is 10.2. The Labute approximate surface area is 217 Å². The summed E-state index contributed by atoms with van der Waals surface area (Å²) in [7, 11) is -4.18. The van der Waals surface area contributed by atoms with Gasteiger partial charge in [-0.05, 0) is 72.8 Å². The minimum Gasteiger partial charge on any atom is -0.457 e. The Kier molecular flexibility index (Phi) is 7.52. The Bertz CT molecular complexity index is 1480. The van der Waals surface area contributed by atoms with Gasteiger partial charge < -0.3 is 10.1 Å². The Morgan fingerprint density at radius 2 is 1.43 bits per heavy atom. The van der Waals surface area contributed by atoms with Gasteiger partial charge in [0.2, 0.25) is 0 Å². The molecule has 0 saturated carbocycles. The van der Waals surface area contributed by atoms with Crippen LogP contribution in [-0.4, -0.2) is 14.3 Å². The largest absolute Gasteiger partial charge is 0.457 e. The Morgan fingerprint density at radius 3 is 2.14 bits per heavy atom. The molecule has 0 bridgehead atoms. The molecule has 35 heavy (non-hydrogen) atoms. The van der Waals surface area contributed by atoms with E-state index in [1.807, 2.05) is 6.07 Å². The number of carbonyl (C=O) groups is 1. The van der Waals surface area contributed by atoms with Crippen molar-refractivity contribution in [2.75, 3.05) is 10.0 Å². The number of anilines is 2. The van der Waals surface area contributed by atoms with Gasteiger partial charge in [0.25, 0.3) is 15.9 Å². The number of rotatable bonds is 7. The van der Waals surface area contributed by atoms with Gasteiger partial charge in [-0.15, -0.1) is 0 Å². The molecular weight excluding hydrogens is 531 g/mol. The fourth-order valence-electron chi connectivity index (χ4n) is 3.10. The molecule has 0 unspecified atom stereocenters. The van der Waals surface area contributed by atoms with Crippen LogP contribution in [0, 0.1) is 0 Å². The monoisotopic (exact) mass is 546 g/mol. The molecule has 0 aliphatic heterocycles. The van der Waals surface area contributed by atoms with Crippen molar-refractivity contribution in [2.45, 2.75) is 4.90 Å². The van der Waals surface area contributed by atoms with Gasteiger partial charge in [-0.25, -0.2) is 8.42 Å². The molecule has 0 spiro atoms. The zero-order chi connectivity index (χ0) is 25.0. The molecule has 0 radical (unpaired) electrons. The van der Waals surface area contributed by atoms with E-state index in [9.17, 15) is 13.2 Å². The van der Waals surface area contributed by atoms with Crippen LogP contribution in [0.15, 0.2) is 95.9 Å². The van der Waals surface area contributed by atoms with Crippen molar-refractivity contribution in [3.8, 4) is 11.5 Å². The Morgan fingerprint density at radius 1 is 0.743 bits per heavy atom. The van der Waals surface area contributed by atoms with Crippen molar-refractivity contribution >= 4 is 62.1 Å². The highest BCUT2D eigenvalue weighted by molar-refractivity contribution is 7.92. The first-order chi connectivity index (χ1) is 16.7. The summed E-state index contributed by atoms with van der Waals surface area (Å²) in [5.41, 5.74) is 0.517. The smallest absolute Gasteiger partial charge is 0.263 e.